The molecule has 0 radical (unpaired) electrons. The Morgan fingerprint density at radius 3 is 2.53 bits per heavy atom. The summed E-state index contributed by atoms with van der Waals surface area (Å²) in [7, 11) is 0. The molecule has 0 bridgehead atoms. The minimum atomic E-state index is -0.641. The first-order valence-electron chi connectivity index (χ1n) is 5.58. The van der Waals surface area contributed by atoms with Gasteiger partial charge in [0.15, 0.2) is 0 Å². The number of para-hydroxylation sites is 1. The minimum absolute atomic E-state index is 0.0294. The van der Waals surface area contributed by atoms with Crippen molar-refractivity contribution in [3.63, 3.8) is 0 Å². The fourth-order valence-corrected chi connectivity index (χ4v) is 1.67. The second-order valence-corrected chi connectivity index (χ2v) is 3.84. The van der Waals surface area contributed by atoms with Gasteiger partial charge in [0, 0.05) is 0 Å². The van der Waals surface area contributed by atoms with Gasteiger partial charge in [0.1, 0.15) is 17.3 Å². The summed E-state index contributed by atoms with van der Waals surface area (Å²) in [6.07, 6.45) is 0. The number of nitrogens with two attached hydrogens (primary N) is 1. The van der Waals surface area contributed by atoms with Crippen molar-refractivity contribution in [2.75, 3.05) is 0 Å². The van der Waals surface area contributed by atoms with Crippen molar-refractivity contribution in [3.8, 4) is 11.5 Å². The maximum absolute atomic E-state index is 13.5. The molecular weight excluding hydrogens is 249 g/mol. The number of carbonyl (C=O) groups excluding carboxylic acids is 1. The third kappa shape index (κ3) is 2.71. The zero-order valence-corrected chi connectivity index (χ0v) is 9.97. The predicted molar refractivity (Wildman–Crippen MR) is 67.4 cm³/mol. The monoisotopic (exact) mass is 261 g/mol. The molecule has 0 spiro atoms. The molecule has 0 aliphatic rings. The number of hydrogen-bond donors (Lipinski definition) is 2. The third-order valence-electron chi connectivity index (χ3n) is 2.61. The van der Waals surface area contributed by atoms with E-state index in [-0.39, 0.29) is 22.6 Å². The first-order chi connectivity index (χ1) is 9.13. The van der Waals surface area contributed by atoms with Crippen molar-refractivity contribution < 1.29 is 19.0 Å². The van der Waals surface area contributed by atoms with E-state index < -0.39 is 18.3 Å². The molecule has 2 aromatic carbocycles. The van der Waals surface area contributed by atoms with Crippen LogP contribution in [0.15, 0.2) is 42.5 Å². The number of aliphatic hydroxyl groups excluding tert-OH is 1. The summed E-state index contributed by atoms with van der Waals surface area (Å²) in [5, 5.41) is 9.14. The van der Waals surface area contributed by atoms with Gasteiger partial charge in [0.25, 0.3) is 5.91 Å². The van der Waals surface area contributed by atoms with E-state index in [1.807, 2.05) is 0 Å². The van der Waals surface area contributed by atoms with E-state index in [4.69, 9.17) is 15.6 Å². The predicted octanol–water partition coefficient (Wildman–Crippen LogP) is 2.21. The Morgan fingerprint density at radius 1 is 1.16 bits per heavy atom. The Kier molecular flexibility index (Phi) is 3.77. The lowest BCUT2D eigenvalue weighted by atomic mass is 10.1. The molecule has 2 aromatic rings. The molecule has 98 valence electrons. The number of ether oxygens (including phenoxy) is 1. The van der Waals surface area contributed by atoms with Crippen LogP contribution in [0.1, 0.15) is 15.9 Å². The molecule has 3 N–H and O–H groups in total. The SMILES string of the molecule is NC(=O)c1ccccc1Oc1cccc(F)c1CO. The van der Waals surface area contributed by atoms with Crippen LogP contribution in [0.5, 0.6) is 11.5 Å². The Bertz CT molecular complexity index is 613. The highest BCUT2D eigenvalue weighted by Gasteiger charge is 2.13. The summed E-state index contributed by atoms with van der Waals surface area (Å²) < 4.78 is 19.0. The van der Waals surface area contributed by atoms with Gasteiger partial charge >= 0.3 is 0 Å². The summed E-state index contributed by atoms with van der Waals surface area (Å²) in [5.74, 6) is -0.847. The highest BCUT2D eigenvalue weighted by atomic mass is 19.1. The molecular formula is C14H12FNO3. The van der Waals surface area contributed by atoms with Crippen LogP contribution in [-0.2, 0) is 6.61 Å². The van der Waals surface area contributed by atoms with Gasteiger partial charge in [0.05, 0.1) is 17.7 Å². The fourth-order valence-electron chi connectivity index (χ4n) is 1.67. The van der Waals surface area contributed by atoms with Crippen molar-refractivity contribution in [1.29, 1.82) is 0 Å². The average Bonchev–Trinajstić information content (AvgIpc) is 2.39. The topological polar surface area (TPSA) is 72.6 Å². The zero-order chi connectivity index (χ0) is 13.8. The minimum Gasteiger partial charge on any atom is -0.456 e. The molecule has 0 aliphatic carbocycles. The molecule has 0 atom stereocenters. The van der Waals surface area contributed by atoms with Gasteiger partial charge < -0.3 is 15.6 Å². The summed E-state index contributed by atoms with van der Waals surface area (Å²) in [4.78, 5) is 11.3. The summed E-state index contributed by atoms with van der Waals surface area (Å²) in [6.45, 7) is -0.499. The first kappa shape index (κ1) is 13.0. The first-order valence-corrected chi connectivity index (χ1v) is 5.58. The lowest BCUT2D eigenvalue weighted by Gasteiger charge is -2.12. The lowest BCUT2D eigenvalue weighted by Crippen LogP contribution is -2.12. The smallest absolute Gasteiger partial charge is 0.252 e. The van der Waals surface area contributed by atoms with Crippen molar-refractivity contribution in [3.05, 3.63) is 59.4 Å². The van der Waals surface area contributed by atoms with Crippen molar-refractivity contribution in [2.45, 2.75) is 6.61 Å². The van der Waals surface area contributed by atoms with Crippen LogP contribution in [0.3, 0.4) is 0 Å². The summed E-state index contributed by atoms with van der Waals surface area (Å²) in [6, 6.07) is 10.6. The van der Waals surface area contributed by atoms with Gasteiger partial charge in [-0.3, -0.25) is 4.79 Å². The molecule has 0 fully saturated rings. The molecule has 0 aromatic heterocycles. The number of halogens is 1. The largest absolute Gasteiger partial charge is 0.456 e. The van der Waals surface area contributed by atoms with Gasteiger partial charge in [-0.2, -0.15) is 0 Å². The zero-order valence-electron chi connectivity index (χ0n) is 9.97. The molecule has 0 heterocycles. The molecule has 2 rings (SSSR count). The quantitative estimate of drug-likeness (QED) is 0.886. The standard InChI is InChI=1S/C14H12FNO3/c15-11-5-3-7-13(10(11)8-17)19-12-6-2-1-4-9(12)14(16)18/h1-7,17H,8H2,(H2,16,18). The van der Waals surface area contributed by atoms with E-state index in [2.05, 4.69) is 0 Å². The van der Waals surface area contributed by atoms with Gasteiger partial charge in [-0.05, 0) is 24.3 Å². The van der Waals surface area contributed by atoms with E-state index in [0.29, 0.717) is 0 Å². The molecule has 0 aliphatic heterocycles. The average molecular weight is 261 g/mol. The number of benzene rings is 2. The molecule has 0 unspecified atom stereocenters. The summed E-state index contributed by atoms with van der Waals surface area (Å²) >= 11 is 0. The number of aliphatic hydroxyl groups is 1. The van der Waals surface area contributed by atoms with E-state index in [1.54, 1.807) is 18.2 Å². The van der Waals surface area contributed by atoms with Crippen molar-refractivity contribution in [1.82, 2.24) is 0 Å². The van der Waals surface area contributed by atoms with E-state index in [0.717, 1.165) is 0 Å². The molecule has 0 saturated carbocycles. The molecule has 5 heteroatoms. The van der Waals surface area contributed by atoms with Gasteiger partial charge in [-0.15, -0.1) is 0 Å². The van der Waals surface area contributed by atoms with Crippen LogP contribution in [0, 0.1) is 5.82 Å². The second-order valence-electron chi connectivity index (χ2n) is 3.84. The third-order valence-corrected chi connectivity index (χ3v) is 2.61. The highest BCUT2D eigenvalue weighted by Crippen LogP contribution is 2.29. The maximum Gasteiger partial charge on any atom is 0.252 e. The summed E-state index contributed by atoms with van der Waals surface area (Å²) in [5.41, 5.74) is 5.45. The van der Waals surface area contributed by atoms with Gasteiger partial charge in [-0.25, -0.2) is 4.39 Å². The molecule has 4 nitrogen and oxygen atoms in total. The fraction of sp³-hybridized carbons (Fsp3) is 0.0714. The number of hydrogen-bond acceptors (Lipinski definition) is 3. The Labute approximate surface area is 109 Å². The molecule has 1 amide bonds. The molecule has 0 saturated heterocycles. The van der Waals surface area contributed by atoms with Crippen molar-refractivity contribution in [2.24, 2.45) is 5.73 Å². The number of primary amides is 1. The van der Waals surface area contributed by atoms with Gasteiger partial charge in [-0.1, -0.05) is 18.2 Å². The van der Waals surface area contributed by atoms with E-state index >= 15 is 0 Å². The number of rotatable bonds is 4. The van der Waals surface area contributed by atoms with Crippen molar-refractivity contribution >= 4 is 5.91 Å². The maximum atomic E-state index is 13.5. The lowest BCUT2D eigenvalue weighted by molar-refractivity contribution is 0.0998. The number of carbonyl (C=O) groups is 1. The van der Waals surface area contributed by atoms with E-state index in [1.165, 1.54) is 24.3 Å². The molecule has 19 heavy (non-hydrogen) atoms. The normalized spacial score (nSPS) is 10.2. The van der Waals surface area contributed by atoms with Crippen LogP contribution in [-0.4, -0.2) is 11.0 Å². The Hall–Kier alpha value is -2.40. The van der Waals surface area contributed by atoms with Crippen LogP contribution < -0.4 is 10.5 Å². The van der Waals surface area contributed by atoms with Crippen LogP contribution >= 0.6 is 0 Å². The van der Waals surface area contributed by atoms with Gasteiger partial charge in [0.2, 0.25) is 0 Å². The van der Waals surface area contributed by atoms with Crippen LogP contribution in [0.2, 0.25) is 0 Å². The van der Waals surface area contributed by atoms with Crippen LogP contribution in [0.25, 0.3) is 0 Å². The Morgan fingerprint density at radius 2 is 1.84 bits per heavy atom. The number of amides is 1. The highest BCUT2D eigenvalue weighted by molar-refractivity contribution is 5.95. The van der Waals surface area contributed by atoms with E-state index in [9.17, 15) is 9.18 Å². The second kappa shape index (κ2) is 5.49. The Balaban J connectivity index is 2.42. The van der Waals surface area contributed by atoms with Crippen LogP contribution in [0.4, 0.5) is 4.39 Å².